The van der Waals surface area contributed by atoms with Crippen LogP contribution in [0, 0.1) is 0 Å². The van der Waals surface area contributed by atoms with Crippen molar-refractivity contribution in [3.8, 4) is 5.75 Å². The Morgan fingerprint density at radius 2 is 1.78 bits per heavy atom. The molecule has 184 valence electrons. The molecular weight excluding hydrogens is 446 g/mol. The summed E-state index contributed by atoms with van der Waals surface area (Å²) >= 11 is 0. The number of benzene rings is 4. The van der Waals surface area contributed by atoms with Crippen LogP contribution in [-0.2, 0) is 11.2 Å². The average Bonchev–Trinajstić information content (AvgIpc) is 2.91. The van der Waals surface area contributed by atoms with Crippen molar-refractivity contribution in [2.24, 2.45) is 0 Å². The Morgan fingerprint density at radius 3 is 2.67 bits per heavy atom. The molecule has 3 atom stereocenters. The van der Waals surface area contributed by atoms with E-state index in [4.69, 9.17) is 9.84 Å². The van der Waals surface area contributed by atoms with Crippen molar-refractivity contribution < 1.29 is 14.6 Å². The summed E-state index contributed by atoms with van der Waals surface area (Å²) in [5, 5.41) is 15.4. The van der Waals surface area contributed by atoms with Crippen molar-refractivity contribution in [3.05, 3.63) is 113 Å². The fourth-order valence-corrected chi connectivity index (χ4v) is 5.40. The monoisotopic (exact) mass is 479 g/mol. The number of hydrogen-bond donors (Lipinski definition) is 2. The van der Waals surface area contributed by atoms with Crippen LogP contribution in [0.5, 0.6) is 5.75 Å². The maximum Gasteiger partial charge on any atom is 0.303 e. The maximum absolute atomic E-state index is 11.0. The van der Waals surface area contributed by atoms with E-state index in [0.717, 1.165) is 30.7 Å². The van der Waals surface area contributed by atoms with Crippen LogP contribution >= 0.6 is 0 Å². The van der Waals surface area contributed by atoms with Gasteiger partial charge in [0.2, 0.25) is 0 Å². The van der Waals surface area contributed by atoms with Crippen LogP contribution in [0.15, 0.2) is 91.0 Å². The summed E-state index contributed by atoms with van der Waals surface area (Å²) in [5.74, 6) is 0.430. The maximum atomic E-state index is 11.0. The lowest BCUT2D eigenvalue weighted by Gasteiger charge is -2.33. The van der Waals surface area contributed by atoms with Crippen LogP contribution in [-0.4, -0.2) is 23.7 Å². The molecule has 1 aliphatic rings. The molecular formula is C32H33NO3. The van der Waals surface area contributed by atoms with Crippen molar-refractivity contribution in [1.29, 1.82) is 0 Å². The summed E-state index contributed by atoms with van der Waals surface area (Å²) in [5.41, 5.74) is 4.83. The van der Waals surface area contributed by atoms with E-state index in [1.807, 2.05) is 18.2 Å². The molecule has 2 N–H and O–H groups in total. The van der Waals surface area contributed by atoms with E-state index < -0.39 is 5.97 Å². The highest BCUT2D eigenvalue weighted by Crippen LogP contribution is 2.41. The van der Waals surface area contributed by atoms with Gasteiger partial charge in [-0.05, 0) is 66.3 Å². The van der Waals surface area contributed by atoms with Gasteiger partial charge in [0.05, 0.1) is 0 Å². The second kappa shape index (κ2) is 11.0. The van der Waals surface area contributed by atoms with E-state index >= 15 is 0 Å². The van der Waals surface area contributed by atoms with Crippen LogP contribution in [0.4, 0.5) is 0 Å². The van der Waals surface area contributed by atoms with Gasteiger partial charge in [-0.1, -0.05) is 84.9 Å². The predicted octanol–water partition coefficient (Wildman–Crippen LogP) is 6.88. The lowest BCUT2D eigenvalue weighted by molar-refractivity contribution is -0.136. The van der Waals surface area contributed by atoms with Gasteiger partial charge in [-0.2, -0.15) is 0 Å². The number of carbonyl (C=O) groups is 1. The highest BCUT2D eigenvalue weighted by molar-refractivity contribution is 5.86. The lowest BCUT2D eigenvalue weighted by Crippen LogP contribution is -2.31. The third-order valence-corrected chi connectivity index (χ3v) is 7.27. The van der Waals surface area contributed by atoms with Crippen molar-refractivity contribution >= 4 is 16.7 Å². The fraction of sp³-hybridized carbons (Fsp3) is 0.281. The van der Waals surface area contributed by atoms with Crippen LogP contribution in [0.1, 0.15) is 60.4 Å². The molecule has 4 aromatic carbocycles. The first kappa shape index (κ1) is 24.1. The molecule has 0 amide bonds. The third kappa shape index (κ3) is 5.44. The molecule has 1 aliphatic heterocycles. The van der Waals surface area contributed by atoms with Gasteiger partial charge in [0.1, 0.15) is 11.9 Å². The van der Waals surface area contributed by atoms with Crippen molar-refractivity contribution in [2.75, 3.05) is 6.54 Å². The standard InChI is InChI=1S/C32H33NO3/c1-22(27-14-7-10-24-9-2-3-12-28(24)27)33-19-18-26-21-30(29-13-4-5-15-31(29)36-26)25-11-6-8-23(20-25)16-17-32(34)35/h2-15,20,22,26,30,33H,16-19,21H2,1H3,(H,34,35)/t22-,26?,30?/m1/s1. The molecule has 36 heavy (non-hydrogen) atoms. The van der Waals surface area contributed by atoms with Gasteiger partial charge in [0.15, 0.2) is 0 Å². The van der Waals surface area contributed by atoms with E-state index in [0.29, 0.717) is 6.42 Å². The van der Waals surface area contributed by atoms with Crippen LogP contribution in [0.3, 0.4) is 0 Å². The molecule has 0 spiro atoms. The number of carboxylic acid groups (broad SMARTS) is 1. The quantitative estimate of drug-likeness (QED) is 0.275. The Hall–Kier alpha value is -3.63. The normalized spacial score (nSPS) is 17.8. The van der Waals surface area contributed by atoms with Crippen LogP contribution < -0.4 is 10.1 Å². The topological polar surface area (TPSA) is 58.6 Å². The Morgan fingerprint density at radius 1 is 1.00 bits per heavy atom. The number of ether oxygens (including phenoxy) is 1. The fourth-order valence-electron chi connectivity index (χ4n) is 5.40. The smallest absolute Gasteiger partial charge is 0.303 e. The highest BCUT2D eigenvalue weighted by atomic mass is 16.5. The zero-order valence-electron chi connectivity index (χ0n) is 20.7. The first-order valence-corrected chi connectivity index (χ1v) is 12.9. The van der Waals surface area contributed by atoms with Gasteiger partial charge in [-0.25, -0.2) is 0 Å². The summed E-state index contributed by atoms with van der Waals surface area (Å²) in [6, 6.07) is 32.0. The molecule has 0 fully saturated rings. The van der Waals surface area contributed by atoms with Crippen LogP contribution in [0.25, 0.3) is 10.8 Å². The first-order chi connectivity index (χ1) is 17.6. The van der Waals surface area contributed by atoms with E-state index in [2.05, 4.69) is 85.0 Å². The molecule has 4 nitrogen and oxygen atoms in total. The molecule has 1 heterocycles. The molecule has 5 rings (SSSR count). The van der Waals surface area contributed by atoms with Crippen LogP contribution in [0.2, 0.25) is 0 Å². The zero-order valence-corrected chi connectivity index (χ0v) is 20.7. The van der Waals surface area contributed by atoms with E-state index in [-0.39, 0.29) is 24.5 Å². The third-order valence-electron chi connectivity index (χ3n) is 7.27. The molecule has 0 saturated carbocycles. The Kier molecular flexibility index (Phi) is 7.33. The Balaban J connectivity index is 1.28. The molecule has 2 unspecified atom stereocenters. The summed E-state index contributed by atoms with van der Waals surface area (Å²) in [7, 11) is 0. The lowest BCUT2D eigenvalue weighted by atomic mass is 9.83. The number of carboxylic acids is 1. The van der Waals surface area contributed by atoms with Gasteiger partial charge in [-0.15, -0.1) is 0 Å². The largest absolute Gasteiger partial charge is 0.490 e. The molecule has 0 saturated heterocycles. The highest BCUT2D eigenvalue weighted by Gasteiger charge is 2.29. The Bertz CT molecular complexity index is 1340. The van der Waals surface area contributed by atoms with Crippen molar-refractivity contribution in [2.45, 2.75) is 50.7 Å². The van der Waals surface area contributed by atoms with Gasteiger partial charge < -0.3 is 15.2 Å². The zero-order chi connectivity index (χ0) is 24.9. The molecule has 0 aromatic heterocycles. The second-order valence-electron chi connectivity index (χ2n) is 9.74. The van der Waals surface area contributed by atoms with Gasteiger partial charge >= 0.3 is 5.97 Å². The minimum atomic E-state index is -0.762. The minimum absolute atomic E-state index is 0.111. The summed E-state index contributed by atoms with van der Waals surface area (Å²) < 4.78 is 6.43. The van der Waals surface area contributed by atoms with E-state index in [1.165, 1.54) is 27.5 Å². The number of nitrogens with one attached hydrogen (secondary N) is 1. The average molecular weight is 480 g/mol. The Labute approximate surface area is 212 Å². The second-order valence-corrected chi connectivity index (χ2v) is 9.74. The number of aryl methyl sites for hydroxylation is 1. The number of rotatable bonds is 9. The molecule has 0 radical (unpaired) electrons. The molecule has 4 heteroatoms. The van der Waals surface area contributed by atoms with E-state index in [1.54, 1.807) is 0 Å². The van der Waals surface area contributed by atoms with Gasteiger partial charge in [0.25, 0.3) is 0 Å². The molecule has 0 bridgehead atoms. The number of aliphatic carboxylic acids is 1. The number of fused-ring (bicyclic) bond motifs is 2. The van der Waals surface area contributed by atoms with Gasteiger partial charge in [0, 0.05) is 23.9 Å². The number of hydrogen-bond acceptors (Lipinski definition) is 3. The summed E-state index contributed by atoms with van der Waals surface area (Å²) in [4.78, 5) is 11.0. The first-order valence-electron chi connectivity index (χ1n) is 12.9. The van der Waals surface area contributed by atoms with Gasteiger partial charge in [-0.3, -0.25) is 4.79 Å². The van der Waals surface area contributed by atoms with Crippen molar-refractivity contribution in [3.63, 3.8) is 0 Å². The predicted molar refractivity (Wildman–Crippen MR) is 145 cm³/mol. The SMILES string of the molecule is C[C@@H](NCCC1CC(c2cccc(CCC(=O)O)c2)c2ccccc2O1)c1cccc2ccccc12. The summed E-state index contributed by atoms with van der Waals surface area (Å²) in [6.07, 6.45) is 2.63. The number of para-hydroxylation sites is 1. The van der Waals surface area contributed by atoms with Crippen molar-refractivity contribution in [1.82, 2.24) is 5.32 Å². The molecule has 0 aliphatic carbocycles. The minimum Gasteiger partial charge on any atom is -0.490 e. The van der Waals surface area contributed by atoms with E-state index in [9.17, 15) is 4.79 Å². The molecule has 4 aromatic rings. The summed E-state index contributed by atoms with van der Waals surface area (Å²) in [6.45, 7) is 3.09.